The maximum atomic E-state index is 12.2. The van der Waals surface area contributed by atoms with Crippen molar-refractivity contribution < 1.29 is 9.47 Å². The smallest absolute Gasteiger partial charge is 0.250 e. The van der Waals surface area contributed by atoms with E-state index in [-0.39, 0.29) is 0 Å². The van der Waals surface area contributed by atoms with Crippen LogP contribution < -0.4 is 25.6 Å². The lowest BCUT2D eigenvalue weighted by molar-refractivity contribution is 0.287. The van der Waals surface area contributed by atoms with Crippen molar-refractivity contribution >= 4 is 5.69 Å². The lowest BCUT2D eigenvalue weighted by Crippen LogP contribution is -2.36. The van der Waals surface area contributed by atoms with Crippen LogP contribution in [0.3, 0.4) is 0 Å². The van der Waals surface area contributed by atoms with E-state index in [1.807, 2.05) is 56.3 Å². The molecule has 0 aliphatic rings. The van der Waals surface area contributed by atoms with E-state index in [0.717, 1.165) is 22.6 Å². The molecule has 5 nitrogen and oxygen atoms in total. The molecule has 0 heterocycles. The molecule has 0 bridgehead atoms. The first-order valence-electron chi connectivity index (χ1n) is 10.5. The molecular weight excluding hydrogens is 378 g/mol. The molecule has 0 unspecified atom stereocenters. The van der Waals surface area contributed by atoms with E-state index in [1.54, 1.807) is 0 Å². The van der Waals surface area contributed by atoms with Crippen molar-refractivity contribution in [2.24, 2.45) is 0 Å². The van der Waals surface area contributed by atoms with E-state index in [9.17, 15) is 9.59 Å². The minimum absolute atomic E-state index is 0.410. The highest BCUT2D eigenvalue weighted by Crippen LogP contribution is 2.29. The van der Waals surface area contributed by atoms with Gasteiger partial charge in [0.2, 0.25) is 10.9 Å². The highest BCUT2D eigenvalue weighted by atomic mass is 16.5. The summed E-state index contributed by atoms with van der Waals surface area (Å²) in [6, 6.07) is 13.7. The Morgan fingerprint density at radius 1 is 0.867 bits per heavy atom. The Morgan fingerprint density at radius 3 is 2.17 bits per heavy atom. The molecule has 0 amide bonds. The first kappa shape index (κ1) is 21.6. The predicted molar refractivity (Wildman–Crippen MR) is 122 cm³/mol. The van der Waals surface area contributed by atoms with E-state index in [2.05, 4.69) is 19.2 Å². The van der Waals surface area contributed by atoms with Crippen molar-refractivity contribution in [1.82, 2.24) is 0 Å². The predicted octanol–water partition coefficient (Wildman–Crippen LogP) is 4.53. The fourth-order valence-electron chi connectivity index (χ4n) is 3.45. The van der Waals surface area contributed by atoms with Crippen molar-refractivity contribution in [3.63, 3.8) is 0 Å². The van der Waals surface area contributed by atoms with Crippen LogP contribution in [0.5, 0.6) is 11.5 Å². The zero-order valence-corrected chi connectivity index (χ0v) is 18.1. The van der Waals surface area contributed by atoms with E-state index in [0.29, 0.717) is 43.3 Å². The number of hydrogen-bond donors (Lipinski definition) is 1. The third kappa shape index (κ3) is 4.56. The Balaban J connectivity index is 1.70. The van der Waals surface area contributed by atoms with Crippen LogP contribution >= 0.6 is 0 Å². The first-order valence-corrected chi connectivity index (χ1v) is 10.5. The van der Waals surface area contributed by atoms with Crippen LogP contribution in [0.4, 0.5) is 5.69 Å². The monoisotopic (exact) mass is 407 g/mol. The molecule has 3 aromatic rings. The highest BCUT2D eigenvalue weighted by Gasteiger charge is 2.22. The van der Waals surface area contributed by atoms with Gasteiger partial charge in [0.05, 0.1) is 24.5 Å². The molecule has 0 aliphatic heterocycles. The molecule has 30 heavy (non-hydrogen) atoms. The molecule has 0 aromatic heterocycles. The van der Waals surface area contributed by atoms with Gasteiger partial charge in [0, 0.05) is 6.54 Å². The fraction of sp³-hybridized carbons (Fsp3) is 0.360. The molecular formula is C25H29NO4. The summed E-state index contributed by atoms with van der Waals surface area (Å²) in [6.07, 6.45) is 0.691. The summed E-state index contributed by atoms with van der Waals surface area (Å²) in [5.74, 6) is 1.86. The maximum Gasteiger partial charge on any atom is 0.250 e. The third-order valence-corrected chi connectivity index (χ3v) is 5.10. The third-order valence-electron chi connectivity index (χ3n) is 5.10. The molecule has 3 aromatic carbocycles. The van der Waals surface area contributed by atoms with Crippen LogP contribution in [0.25, 0.3) is 11.1 Å². The van der Waals surface area contributed by atoms with Crippen LogP contribution in [-0.2, 0) is 6.42 Å². The molecule has 158 valence electrons. The normalized spacial score (nSPS) is 11.1. The van der Waals surface area contributed by atoms with Crippen molar-refractivity contribution in [2.45, 2.75) is 40.0 Å². The van der Waals surface area contributed by atoms with E-state index in [1.165, 1.54) is 5.56 Å². The van der Waals surface area contributed by atoms with Gasteiger partial charge in [0.1, 0.15) is 0 Å². The van der Waals surface area contributed by atoms with Gasteiger partial charge in [-0.2, -0.15) is 0 Å². The van der Waals surface area contributed by atoms with Crippen LogP contribution in [0.2, 0.25) is 0 Å². The number of benzene rings is 2. The average Bonchev–Trinajstić information content (AvgIpc) is 2.75. The SMILES string of the molecule is CCOc1ccc(CCNc2c(-c3ccc(C(C)C)cc3)c(=O)c2=O)cc1OCC. The number of hydrogen-bond acceptors (Lipinski definition) is 5. The Morgan fingerprint density at radius 2 is 1.53 bits per heavy atom. The largest absolute Gasteiger partial charge is 0.490 e. The zero-order chi connectivity index (χ0) is 21.7. The molecule has 0 spiro atoms. The number of ether oxygens (including phenoxy) is 2. The second-order valence-corrected chi connectivity index (χ2v) is 7.51. The van der Waals surface area contributed by atoms with Gasteiger partial charge in [-0.1, -0.05) is 44.2 Å². The fourth-order valence-corrected chi connectivity index (χ4v) is 3.45. The molecule has 0 saturated heterocycles. The topological polar surface area (TPSA) is 64.6 Å². The molecule has 0 saturated carbocycles. The second kappa shape index (κ2) is 9.61. The number of rotatable bonds is 10. The molecule has 1 N–H and O–H groups in total. The van der Waals surface area contributed by atoms with Gasteiger partial charge in [-0.25, -0.2) is 0 Å². The summed E-state index contributed by atoms with van der Waals surface area (Å²) >= 11 is 0. The van der Waals surface area contributed by atoms with Gasteiger partial charge >= 0.3 is 0 Å². The van der Waals surface area contributed by atoms with Crippen LogP contribution in [0, 0.1) is 0 Å². The standard InChI is InChI=1S/C25H29NO4/c1-5-29-20-12-7-17(15-21(20)30-6-2)13-14-26-23-22(24(27)25(23)28)19-10-8-18(9-11-19)16(3)4/h7-12,15-16,26H,5-6,13-14H2,1-4H3. The zero-order valence-electron chi connectivity index (χ0n) is 18.1. The summed E-state index contributed by atoms with van der Waals surface area (Å²) in [6.45, 7) is 9.79. The van der Waals surface area contributed by atoms with Crippen molar-refractivity contribution in [3.05, 3.63) is 74.0 Å². The van der Waals surface area contributed by atoms with Crippen molar-refractivity contribution in [2.75, 3.05) is 25.1 Å². The van der Waals surface area contributed by atoms with Gasteiger partial charge in [0.25, 0.3) is 0 Å². The van der Waals surface area contributed by atoms with E-state index < -0.39 is 10.9 Å². The number of anilines is 1. The van der Waals surface area contributed by atoms with Crippen LogP contribution in [0.15, 0.2) is 52.1 Å². The minimum Gasteiger partial charge on any atom is -0.490 e. The molecule has 0 radical (unpaired) electrons. The molecule has 0 fully saturated rings. The second-order valence-electron chi connectivity index (χ2n) is 7.51. The van der Waals surface area contributed by atoms with Crippen LogP contribution in [0.1, 0.15) is 44.7 Å². The van der Waals surface area contributed by atoms with E-state index in [4.69, 9.17) is 9.47 Å². The lowest BCUT2D eigenvalue weighted by Gasteiger charge is -2.15. The summed E-state index contributed by atoms with van der Waals surface area (Å²) in [4.78, 5) is 24.3. The summed E-state index contributed by atoms with van der Waals surface area (Å²) < 4.78 is 11.3. The number of nitrogens with one attached hydrogen (secondary N) is 1. The Labute approximate surface area is 177 Å². The van der Waals surface area contributed by atoms with Gasteiger partial charge < -0.3 is 14.8 Å². The van der Waals surface area contributed by atoms with Gasteiger partial charge in [-0.15, -0.1) is 0 Å². The molecule has 5 heteroatoms. The highest BCUT2D eigenvalue weighted by molar-refractivity contribution is 5.82. The van der Waals surface area contributed by atoms with E-state index >= 15 is 0 Å². The summed E-state index contributed by atoms with van der Waals surface area (Å²) in [5.41, 5.74) is 3.08. The van der Waals surface area contributed by atoms with Crippen molar-refractivity contribution in [3.8, 4) is 22.6 Å². The molecule has 0 atom stereocenters. The Kier molecular flexibility index (Phi) is 6.93. The lowest BCUT2D eigenvalue weighted by atomic mass is 9.95. The van der Waals surface area contributed by atoms with Gasteiger partial charge in [-0.3, -0.25) is 9.59 Å². The van der Waals surface area contributed by atoms with Crippen LogP contribution in [-0.4, -0.2) is 19.8 Å². The van der Waals surface area contributed by atoms with Gasteiger partial charge in [-0.05, 0) is 55.0 Å². The average molecular weight is 408 g/mol. The van der Waals surface area contributed by atoms with Gasteiger partial charge in [0.15, 0.2) is 11.5 Å². The Hall–Kier alpha value is -3.08. The Bertz CT molecular complexity index is 1060. The van der Waals surface area contributed by atoms with Crippen molar-refractivity contribution in [1.29, 1.82) is 0 Å². The molecule has 3 rings (SSSR count). The first-order chi connectivity index (χ1) is 14.5. The quantitative estimate of drug-likeness (QED) is 0.501. The maximum absolute atomic E-state index is 12.2. The minimum atomic E-state index is -0.445. The summed E-state index contributed by atoms with van der Waals surface area (Å²) in [5, 5.41) is 3.16. The summed E-state index contributed by atoms with van der Waals surface area (Å²) in [7, 11) is 0. The molecule has 0 aliphatic carbocycles.